The first-order valence-electron chi connectivity index (χ1n) is 9.78. The highest BCUT2D eigenvalue weighted by Gasteiger charge is 2.32. The molecule has 4 rings (SSSR count). The number of carbonyl (C=O) groups excluding carboxylic acids is 3. The van der Waals surface area contributed by atoms with Crippen LogP contribution in [0.15, 0.2) is 42.2 Å². The molecule has 1 aliphatic rings. The van der Waals surface area contributed by atoms with Crippen LogP contribution in [-0.4, -0.2) is 45.8 Å². The van der Waals surface area contributed by atoms with Gasteiger partial charge in [0.05, 0.1) is 17.7 Å². The van der Waals surface area contributed by atoms with Crippen molar-refractivity contribution in [1.82, 2.24) is 14.8 Å². The zero-order valence-electron chi connectivity index (χ0n) is 16.7. The van der Waals surface area contributed by atoms with E-state index in [1.54, 1.807) is 42.2 Å². The van der Waals surface area contributed by atoms with Crippen LogP contribution < -0.4 is 5.32 Å². The van der Waals surface area contributed by atoms with E-state index in [4.69, 9.17) is 9.47 Å². The monoisotopic (exact) mass is 440 g/mol. The summed E-state index contributed by atoms with van der Waals surface area (Å²) in [5, 5.41) is 9.00. The van der Waals surface area contributed by atoms with Crippen LogP contribution in [0.3, 0.4) is 0 Å². The standard InChI is InChI=1S/C21H20N4O5S/c1-2-29-21(28)18-15(13-4-5-13)12-31-19(18)24-17(26)11-30-20(27)14-6-7-16(22-10-14)25-9-3-8-23-25/h3,6-10,12-13H,2,4-5,11H2,1H3,(H,24,26). The number of aromatic nitrogens is 3. The molecule has 1 aliphatic carbocycles. The van der Waals surface area contributed by atoms with E-state index in [-0.39, 0.29) is 12.2 Å². The van der Waals surface area contributed by atoms with E-state index in [2.05, 4.69) is 15.4 Å². The molecule has 1 N–H and O–H groups in total. The first-order chi connectivity index (χ1) is 15.1. The van der Waals surface area contributed by atoms with Crippen LogP contribution in [0.4, 0.5) is 5.00 Å². The third kappa shape index (κ3) is 4.80. The summed E-state index contributed by atoms with van der Waals surface area (Å²) in [7, 11) is 0. The molecule has 10 heteroatoms. The van der Waals surface area contributed by atoms with Crippen molar-refractivity contribution >= 4 is 34.2 Å². The van der Waals surface area contributed by atoms with Gasteiger partial charge in [-0.25, -0.2) is 19.3 Å². The molecule has 3 aromatic rings. The number of carbonyl (C=O) groups is 3. The number of esters is 2. The molecule has 31 heavy (non-hydrogen) atoms. The van der Waals surface area contributed by atoms with Crippen molar-refractivity contribution in [3.05, 3.63) is 58.9 Å². The Hall–Kier alpha value is -3.53. The lowest BCUT2D eigenvalue weighted by Crippen LogP contribution is -2.22. The lowest BCUT2D eigenvalue weighted by atomic mass is 10.1. The quantitative estimate of drug-likeness (QED) is 0.535. The summed E-state index contributed by atoms with van der Waals surface area (Å²) in [6, 6.07) is 4.93. The fourth-order valence-electron chi connectivity index (χ4n) is 3.00. The smallest absolute Gasteiger partial charge is 0.341 e. The van der Waals surface area contributed by atoms with Gasteiger partial charge in [0.1, 0.15) is 5.00 Å². The minimum atomic E-state index is -0.676. The zero-order valence-corrected chi connectivity index (χ0v) is 17.6. The number of thiophene rings is 1. The van der Waals surface area contributed by atoms with Crippen LogP contribution in [-0.2, 0) is 14.3 Å². The summed E-state index contributed by atoms with van der Waals surface area (Å²) < 4.78 is 11.8. The Kier molecular flexibility index (Phi) is 6.08. The van der Waals surface area contributed by atoms with Gasteiger partial charge in [-0.15, -0.1) is 11.3 Å². The Morgan fingerprint density at radius 1 is 1.23 bits per heavy atom. The number of ether oxygens (including phenoxy) is 2. The first-order valence-corrected chi connectivity index (χ1v) is 10.7. The van der Waals surface area contributed by atoms with Crippen molar-refractivity contribution < 1.29 is 23.9 Å². The molecule has 1 amide bonds. The maximum atomic E-state index is 12.4. The number of nitrogens with one attached hydrogen (secondary N) is 1. The topological polar surface area (TPSA) is 112 Å². The molecular formula is C21H20N4O5S. The van der Waals surface area contributed by atoms with Crippen LogP contribution in [0, 0.1) is 0 Å². The van der Waals surface area contributed by atoms with Gasteiger partial charge in [0.15, 0.2) is 12.4 Å². The number of nitrogens with zero attached hydrogens (tertiary/aromatic N) is 3. The molecule has 3 heterocycles. The molecular weight excluding hydrogens is 420 g/mol. The molecule has 160 valence electrons. The van der Waals surface area contributed by atoms with E-state index in [1.807, 2.05) is 5.38 Å². The van der Waals surface area contributed by atoms with Crippen molar-refractivity contribution in [2.75, 3.05) is 18.5 Å². The number of pyridine rings is 1. The van der Waals surface area contributed by atoms with E-state index >= 15 is 0 Å². The van der Waals surface area contributed by atoms with E-state index in [0.717, 1.165) is 18.4 Å². The number of hydrogen-bond donors (Lipinski definition) is 1. The van der Waals surface area contributed by atoms with E-state index < -0.39 is 24.5 Å². The fourth-order valence-corrected chi connectivity index (χ4v) is 4.04. The molecule has 0 aromatic carbocycles. The highest BCUT2D eigenvalue weighted by atomic mass is 32.1. The van der Waals surface area contributed by atoms with Gasteiger partial charge in [-0.2, -0.15) is 5.10 Å². The summed E-state index contributed by atoms with van der Waals surface area (Å²) >= 11 is 1.27. The third-order valence-corrected chi connectivity index (χ3v) is 5.54. The molecule has 1 fully saturated rings. The van der Waals surface area contributed by atoms with Crippen LogP contribution in [0.5, 0.6) is 0 Å². The molecule has 0 atom stereocenters. The molecule has 9 nitrogen and oxygen atoms in total. The first kappa shape index (κ1) is 20.7. The molecule has 0 saturated heterocycles. The lowest BCUT2D eigenvalue weighted by molar-refractivity contribution is -0.119. The fraction of sp³-hybridized carbons (Fsp3) is 0.286. The maximum Gasteiger partial charge on any atom is 0.341 e. The summed E-state index contributed by atoms with van der Waals surface area (Å²) in [5.41, 5.74) is 1.51. The van der Waals surface area contributed by atoms with Gasteiger partial charge < -0.3 is 14.8 Å². The van der Waals surface area contributed by atoms with Crippen LogP contribution in [0.1, 0.15) is 52.0 Å². The second-order valence-corrected chi connectivity index (χ2v) is 7.75. The van der Waals surface area contributed by atoms with Crippen LogP contribution in [0.2, 0.25) is 0 Å². The number of anilines is 1. The predicted octanol–water partition coefficient (Wildman–Crippen LogP) is 3.18. The van der Waals surface area contributed by atoms with E-state index in [1.165, 1.54) is 17.5 Å². The van der Waals surface area contributed by atoms with Gasteiger partial charge in [0.2, 0.25) is 0 Å². The van der Waals surface area contributed by atoms with Gasteiger partial charge >= 0.3 is 11.9 Å². The molecule has 0 aliphatic heterocycles. The van der Waals surface area contributed by atoms with Crippen LogP contribution >= 0.6 is 11.3 Å². The second-order valence-electron chi connectivity index (χ2n) is 6.87. The average molecular weight is 440 g/mol. The number of rotatable bonds is 8. The SMILES string of the molecule is CCOC(=O)c1c(C2CC2)csc1NC(=O)COC(=O)c1ccc(-n2cccn2)nc1. The minimum absolute atomic E-state index is 0.211. The average Bonchev–Trinajstić information content (AvgIpc) is 3.30. The van der Waals surface area contributed by atoms with Crippen molar-refractivity contribution in [1.29, 1.82) is 0 Å². The molecule has 0 bridgehead atoms. The highest BCUT2D eigenvalue weighted by molar-refractivity contribution is 7.15. The number of hydrogen-bond acceptors (Lipinski definition) is 8. The van der Waals surface area contributed by atoms with Crippen molar-refractivity contribution in [2.24, 2.45) is 0 Å². The molecule has 3 aromatic heterocycles. The molecule has 1 saturated carbocycles. The summed E-state index contributed by atoms with van der Waals surface area (Å²) in [6.45, 7) is 1.49. The second kappa shape index (κ2) is 9.09. The molecule has 0 radical (unpaired) electrons. The summed E-state index contributed by atoms with van der Waals surface area (Å²) in [5.74, 6) is -0.790. The Labute approximate surface area is 182 Å². The Bertz CT molecular complexity index is 1090. The minimum Gasteiger partial charge on any atom is -0.462 e. The van der Waals surface area contributed by atoms with Gasteiger partial charge in [-0.1, -0.05) is 0 Å². The summed E-state index contributed by atoms with van der Waals surface area (Å²) in [6.07, 6.45) is 6.74. The Morgan fingerprint density at radius 3 is 2.71 bits per heavy atom. The predicted molar refractivity (Wildman–Crippen MR) is 113 cm³/mol. The Morgan fingerprint density at radius 2 is 2.06 bits per heavy atom. The normalized spacial score (nSPS) is 12.9. The van der Waals surface area contributed by atoms with Gasteiger partial charge in [0, 0.05) is 18.6 Å². The van der Waals surface area contributed by atoms with Crippen LogP contribution in [0.25, 0.3) is 5.82 Å². The number of amides is 1. The highest BCUT2D eigenvalue weighted by Crippen LogP contribution is 2.46. The van der Waals surface area contributed by atoms with Gasteiger partial charge in [-0.3, -0.25) is 4.79 Å². The molecule has 0 spiro atoms. The zero-order chi connectivity index (χ0) is 21.8. The lowest BCUT2D eigenvalue weighted by Gasteiger charge is -2.09. The Balaban J connectivity index is 1.36. The third-order valence-electron chi connectivity index (χ3n) is 4.63. The summed E-state index contributed by atoms with van der Waals surface area (Å²) in [4.78, 5) is 41.1. The van der Waals surface area contributed by atoms with Gasteiger partial charge in [-0.05, 0) is 54.8 Å². The van der Waals surface area contributed by atoms with Crippen molar-refractivity contribution in [3.8, 4) is 5.82 Å². The van der Waals surface area contributed by atoms with Crippen molar-refractivity contribution in [3.63, 3.8) is 0 Å². The molecule has 0 unspecified atom stereocenters. The van der Waals surface area contributed by atoms with E-state index in [9.17, 15) is 14.4 Å². The van der Waals surface area contributed by atoms with E-state index in [0.29, 0.717) is 22.3 Å². The van der Waals surface area contributed by atoms with Crippen molar-refractivity contribution in [2.45, 2.75) is 25.7 Å². The maximum absolute atomic E-state index is 12.4. The largest absolute Gasteiger partial charge is 0.462 e. The van der Waals surface area contributed by atoms with Gasteiger partial charge in [0.25, 0.3) is 5.91 Å².